The molecule has 0 unspecified atom stereocenters. The number of halogens is 3. The van der Waals surface area contributed by atoms with E-state index in [1.165, 1.54) is 30.1 Å². The van der Waals surface area contributed by atoms with Crippen LogP contribution in [0.4, 0.5) is 19.0 Å². The smallest absolute Gasteiger partial charge is 0.356 e. The molecule has 0 amide bonds. The van der Waals surface area contributed by atoms with Gasteiger partial charge in [-0.2, -0.15) is 27.8 Å². The number of anilines is 1. The first kappa shape index (κ1) is 12.8. The van der Waals surface area contributed by atoms with Gasteiger partial charge in [-0.3, -0.25) is 0 Å². The highest BCUT2D eigenvalue weighted by molar-refractivity contribution is 5.49. The van der Waals surface area contributed by atoms with Crippen molar-refractivity contribution in [3.63, 3.8) is 0 Å². The third-order valence-electron chi connectivity index (χ3n) is 4.57. The molecule has 0 spiro atoms. The first-order chi connectivity index (χ1) is 10.0. The number of nitrogens with zero attached hydrogens (tertiary/aromatic N) is 5. The fourth-order valence-corrected chi connectivity index (χ4v) is 3.59. The molecule has 8 heteroatoms. The molecule has 2 aliphatic rings. The largest absolute Gasteiger partial charge is 0.433 e. The van der Waals surface area contributed by atoms with Crippen LogP contribution in [0.3, 0.4) is 0 Å². The van der Waals surface area contributed by atoms with Crippen molar-refractivity contribution in [1.29, 1.82) is 0 Å². The van der Waals surface area contributed by atoms with Crippen LogP contribution in [0.25, 0.3) is 5.78 Å². The monoisotopic (exact) mass is 297 g/mol. The molecule has 0 bridgehead atoms. The van der Waals surface area contributed by atoms with Crippen molar-refractivity contribution in [3.8, 4) is 0 Å². The molecule has 3 heterocycles. The van der Waals surface area contributed by atoms with E-state index < -0.39 is 11.9 Å². The van der Waals surface area contributed by atoms with Crippen LogP contribution in [0.2, 0.25) is 0 Å². The van der Waals surface area contributed by atoms with E-state index in [1.807, 2.05) is 4.90 Å². The lowest BCUT2D eigenvalue weighted by atomic mass is 10.0. The summed E-state index contributed by atoms with van der Waals surface area (Å²) >= 11 is 0. The Hall–Kier alpha value is -1.86. The summed E-state index contributed by atoms with van der Waals surface area (Å²) < 4.78 is 40.3. The minimum atomic E-state index is -4.47. The minimum Gasteiger partial charge on any atom is -0.356 e. The number of alkyl halides is 3. The van der Waals surface area contributed by atoms with E-state index >= 15 is 0 Å². The lowest BCUT2D eigenvalue weighted by Crippen LogP contribution is -2.25. The average Bonchev–Trinajstić information content (AvgIpc) is 3.11. The van der Waals surface area contributed by atoms with Crippen LogP contribution in [-0.4, -0.2) is 32.7 Å². The van der Waals surface area contributed by atoms with Crippen molar-refractivity contribution in [2.24, 2.45) is 11.8 Å². The fourth-order valence-electron chi connectivity index (χ4n) is 3.59. The molecule has 2 aromatic rings. The summed E-state index contributed by atoms with van der Waals surface area (Å²) in [6, 6.07) is 1.09. The quantitative estimate of drug-likeness (QED) is 0.811. The summed E-state index contributed by atoms with van der Waals surface area (Å²) in [6.07, 6.45) is 0.324. The second-order valence-electron chi connectivity index (χ2n) is 5.83. The van der Waals surface area contributed by atoms with E-state index in [0.29, 0.717) is 17.7 Å². The molecule has 0 N–H and O–H groups in total. The van der Waals surface area contributed by atoms with Crippen LogP contribution < -0.4 is 4.90 Å². The molecule has 2 aromatic heterocycles. The average molecular weight is 297 g/mol. The van der Waals surface area contributed by atoms with Crippen LogP contribution in [0, 0.1) is 11.8 Å². The zero-order chi connectivity index (χ0) is 14.6. The highest BCUT2D eigenvalue weighted by Gasteiger charge is 2.39. The molecule has 2 atom stereocenters. The van der Waals surface area contributed by atoms with Gasteiger partial charge >= 0.3 is 6.18 Å². The molecule has 0 aromatic carbocycles. The van der Waals surface area contributed by atoms with Crippen LogP contribution in [0.1, 0.15) is 25.0 Å². The zero-order valence-corrected chi connectivity index (χ0v) is 11.2. The van der Waals surface area contributed by atoms with Gasteiger partial charge in [-0.1, -0.05) is 6.42 Å². The van der Waals surface area contributed by atoms with Gasteiger partial charge in [0.1, 0.15) is 12.1 Å². The van der Waals surface area contributed by atoms with Crippen molar-refractivity contribution < 1.29 is 13.2 Å². The third-order valence-corrected chi connectivity index (χ3v) is 4.57. The van der Waals surface area contributed by atoms with E-state index in [2.05, 4.69) is 15.1 Å². The van der Waals surface area contributed by atoms with Gasteiger partial charge in [0.05, 0.1) is 0 Å². The lowest BCUT2D eigenvalue weighted by molar-refractivity contribution is -0.141. The maximum Gasteiger partial charge on any atom is 0.433 e. The highest BCUT2D eigenvalue weighted by Crippen LogP contribution is 2.40. The second kappa shape index (κ2) is 4.32. The summed E-state index contributed by atoms with van der Waals surface area (Å²) in [7, 11) is 0. The van der Waals surface area contributed by atoms with Crippen LogP contribution in [0.15, 0.2) is 12.4 Å². The van der Waals surface area contributed by atoms with Crippen LogP contribution in [-0.2, 0) is 6.18 Å². The van der Waals surface area contributed by atoms with E-state index in [9.17, 15) is 13.2 Å². The van der Waals surface area contributed by atoms with E-state index in [-0.39, 0.29) is 5.78 Å². The van der Waals surface area contributed by atoms with Crippen LogP contribution in [0.5, 0.6) is 0 Å². The van der Waals surface area contributed by atoms with Crippen molar-refractivity contribution in [2.75, 3.05) is 18.0 Å². The molecule has 1 saturated carbocycles. The maximum atomic E-state index is 13.0. The Balaban J connectivity index is 1.78. The predicted molar refractivity (Wildman–Crippen MR) is 68.8 cm³/mol. The third kappa shape index (κ3) is 2.04. The first-order valence-corrected chi connectivity index (χ1v) is 7.05. The molecule has 5 nitrogen and oxygen atoms in total. The van der Waals surface area contributed by atoms with Gasteiger partial charge < -0.3 is 4.90 Å². The summed E-state index contributed by atoms with van der Waals surface area (Å²) in [6.45, 7) is 1.59. The standard InChI is InChI=1S/C13H14F3N5/c14-13(15,16)10-4-11(21-12(19-10)17-7-18-21)20-5-8-2-1-3-9(8)6-20/h4,7-9H,1-3,5-6H2/t8-,9-/m1/s1. The molecular formula is C13H14F3N5. The molecule has 1 aliphatic heterocycles. The van der Waals surface area contributed by atoms with Crippen LogP contribution >= 0.6 is 0 Å². The molecule has 1 aliphatic carbocycles. The van der Waals surface area contributed by atoms with Gasteiger partial charge in [-0.05, 0) is 24.7 Å². The normalized spacial score (nSPS) is 25.8. The predicted octanol–water partition coefficient (Wildman–Crippen LogP) is 2.38. The summed E-state index contributed by atoms with van der Waals surface area (Å²) in [5, 5.41) is 4.01. The summed E-state index contributed by atoms with van der Waals surface area (Å²) in [5.74, 6) is 1.62. The summed E-state index contributed by atoms with van der Waals surface area (Å²) in [4.78, 5) is 9.35. The van der Waals surface area contributed by atoms with E-state index in [0.717, 1.165) is 19.2 Å². The Morgan fingerprint density at radius 3 is 2.52 bits per heavy atom. The first-order valence-electron chi connectivity index (χ1n) is 7.05. The van der Waals surface area contributed by atoms with Gasteiger partial charge in [-0.15, -0.1) is 0 Å². The molecule has 0 radical (unpaired) electrons. The summed E-state index contributed by atoms with van der Waals surface area (Å²) in [5.41, 5.74) is -0.907. The molecule has 21 heavy (non-hydrogen) atoms. The minimum absolute atomic E-state index is 0.00288. The van der Waals surface area contributed by atoms with Gasteiger partial charge in [0.15, 0.2) is 5.69 Å². The van der Waals surface area contributed by atoms with Crippen molar-refractivity contribution in [3.05, 3.63) is 18.1 Å². The topological polar surface area (TPSA) is 46.3 Å². The Kier molecular flexibility index (Phi) is 2.64. The van der Waals surface area contributed by atoms with Gasteiger partial charge in [-0.25, -0.2) is 4.98 Å². The fraction of sp³-hybridized carbons (Fsp3) is 0.615. The van der Waals surface area contributed by atoms with Gasteiger partial charge in [0.2, 0.25) is 0 Å². The molecule has 112 valence electrons. The number of hydrogen-bond donors (Lipinski definition) is 0. The molecule has 4 rings (SSSR count). The highest BCUT2D eigenvalue weighted by atomic mass is 19.4. The number of rotatable bonds is 1. The Morgan fingerprint density at radius 2 is 1.86 bits per heavy atom. The molecule has 1 saturated heterocycles. The van der Waals surface area contributed by atoms with Crippen molar-refractivity contribution in [1.82, 2.24) is 19.6 Å². The lowest BCUT2D eigenvalue weighted by Gasteiger charge is -2.21. The Bertz CT molecular complexity index is 668. The molecule has 2 fully saturated rings. The number of hydrogen-bond acceptors (Lipinski definition) is 4. The number of fused-ring (bicyclic) bond motifs is 2. The maximum absolute atomic E-state index is 13.0. The molecular weight excluding hydrogens is 283 g/mol. The van der Waals surface area contributed by atoms with Crippen molar-refractivity contribution in [2.45, 2.75) is 25.4 Å². The van der Waals surface area contributed by atoms with E-state index in [1.54, 1.807) is 0 Å². The Labute approximate surface area is 118 Å². The van der Waals surface area contributed by atoms with Gasteiger partial charge in [0.25, 0.3) is 5.78 Å². The Morgan fingerprint density at radius 1 is 1.14 bits per heavy atom. The van der Waals surface area contributed by atoms with E-state index in [4.69, 9.17) is 0 Å². The van der Waals surface area contributed by atoms with Crippen molar-refractivity contribution >= 4 is 11.6 Å². The zero-order valence-electron chi connectivity index (χ0n) is 11.2. The second-order valence-corrected chi connectivity index (χ2v) is 5.83. The van der Waals surface area contributed by atoms with Gasteiger partial charge in [0, 0.05) is 19.2 Å². The number of aromatic nitrogens is 4. The SMILES string of the molecule is FC(F)(F)c1cc(N2C[C@H]3CCC[C@@H]3C2)n2ncnc2n1.